The Labute approximate surface area is 101 Å². The van der Waals surface area contributed by atoms with Crippen molar-refractivity contribution < 1.29 is 0 Å². The zero-order chi connectivity index (χ0) is 11.9. The molecule has 0 fully saturated rings. The van der Waals surface area contributed by atoms with E-state index in [4.69, 9.17) is 0 Å². The SMILES string of the molecule is CCNCCCNc1ncnc2ccccc12. The Morgan fingerprint density at radius 1 is 1.12 bits per heavy atom. The van der Waals surface area contributed by atoms with Crippen LogP contribution in [0, 0.1) is 0 Å². The van der Waals surface area contributed by atoms with Crippen LogP contribution in [0.15, 0.2) is 30.6 Å². The van der Waals surface area contributed by atoms with Crippen LogP contribution in [0.1, 0.15) is 13.3 Å². The lowest BCUT2D eigenvalue weighted by molar-refractivity contribution is 0.688. The molecule has 0 spiro atoms. The number of hydrogen-bond acceptors (Lipinski definition) is 4. The Morgan fingerprint density at radius 2 is 2.00 bits per heavy atom. The molecule has 0 aliphatic carbocycles. The van der Waals surface area contributed by atoms with Gasteiger partial charge in [-0.15, -0.1) is 0 Å². The third-order valence-electron chi connectivity index (χ3n) is 2.62. The monoisotopic (exact) mass is 230 g/mol. The van der Waals surface area contributed by atoms with Gasteiger partial charge in [-0.2, -0.15) is 0 Å². The van der Waals surface area contributed by atoms with Crippen molar-refractivity contribution in [2.75, 3.05) is 25.0 Å². The van der Waals surface area contributed by atoms with E-state index in [1.54, 1.807) is 6.33 Å². The van der Waals surface area contributed by atoms with Crippen LogP contribution in [-0.2, 0) is 0 Å². The van der Waals surface area contributed by atoms with Gasteiger partial charge in [0.1, 0.15) is 12.1 Å². The van der Waals surface area contributed by atoms with Gasteiger partial charge in [-0.05, 0) is 31.6 Å². The van der Waals surface area contributed by atoms with Gasteiger partial charge in [-0.3, -0.25) is 0 Å². The standard InChI is InChI=1S/C13H18N4/c1-2-14-8-5-9-15-13-11-6-3-4-7-12(11)16-10-17-13/h3-4,6-7,10,14H,2,5,8-9H2,1H3,(H,15,16,17). The fraction of sp³-hybridized carbons (Fsp3) is 0.385. The van der Waals surface area contributed by atoms with Gasteiger partial charge in [-0.25, -0.2) is 9.97 Å². The van der Waals surface area contributed by atoms with E-state index in [9.17, 15) is 0 Å². The summed E-state index contributed by atoms with van der Waals surface area (Å²) in [6.07, 6.45) is 2.70. The van der Waals surface area contributed by atoms with Gasteiger partial charge in [0.15, 0.2) is 0 Å². The predicted molar refractivity (Wildman–Crippen MR) is 71.2 cm³/mol. The Balaban J connectivity index is 1.98. The molecular weight excluding hydrogens is 212 g/mol. The molecule has 1 aromatic heterocycles. The maximum absolute atomic E-state index is 4.28. The van der Waals surface area contributed by atoms with Gasteiger partial charge < -0.3 is 10.6 Å². The van der Waals surface area contributed by atoms with Crippen molar-refractivity contribution in [3.8, 4) is 0 Å². The third kappa shape index (κ3) is 3.14. The quantitative estimate of drug-likeness (QED) is 0.746. The van der Waals surface area contributed by atoms with Crippen LogP contribution in [0.5, 0.6) is 0 Å². The van der Waals surface area contributed by atoms with Gasteiger partial charge in [0.05, 0.1) is 5.52 Å². The predicted octanol–water partition coefficient (Wildman–Crippen LogP) is 2.04. The summed E-state index contributed by atoms with van der Waals surface area (Å²) < 4.78 is 0. The van der Waals surface area contributed by atoms with Crippen LogP contribution in [-0.4, -0.2) is 29.6 Å². The Bertz CT molecular complexity index is 464. The highest BCUT2D eigenvalue weighted by Crippen LogP contribution is 2.17. The molecule has 0 radical (unpaired) electrons. The highest BCUT2D eigenvalue weighted by molar-refractivity contribution is 5.88. The van der Waals surface area contributed by atoms with E-state index < -0.39 is 0 Å². The molecule has 2 rings (SSSR count). The van der Waals surface area contributed by atoms with Crippen molar-refractivity contribution in [1.29, 1.82) is 0 Å². The van der Waals surface area contributed by atoms with Crippen LogP contribution >= 0.6 is 0 Å². The zero-order valence-electron chi connectivity index (χ0n) is 10.1. The molecule has 0 aliphatic heterocycles. The number of rotatable bonds is 6. The molecule has 17 heavy (non-hydrogen) atoms. The Hall–Kier alpha value is -1.68. The topological polar surface area (TPSA) is 49.8 Å². The van der Waals surface area contributed by atoms with Crippen LogP contribution in [0.3, 0.4) is 0 Å². The summed E-state index contributed by atoms with van der Waals surface area (Å²) in [5, 5.41) is 7.74. The van der Waals surface area contributed by atoms with Gasteiger partial charge in [-0.1, -0.05) is 19.1 Å². The molecule has 0 amide bonds. The van der Waals surface area contributed by atoms with E-state index >= 15 is 0 Å². The number of nitrogens with one attached hydrogen (secondary N) is 2. The number of aromatic nitrogens is 2. The average Bonchev–Trinajstić information content (AvgIpc) is 2.39. The molecule has 0 aliphatic rings. The molecule has 0 saturated heterocycles. The Kier molecular flexibility index (Phi) is 4.27. The summed E-state index contributed by atoms with van der Waals surface area (Å²) in [6, 6.07) is 8.04. The first-order chi connectivity index (χ1) is 8.42. The minimum Gasteiger partial charge on any atom is -0.369 e. The van der Waals surface area contributed by atoms with Crippen LogP contribution in [0.4, 0.5) is 5.82 Å². The van der Waals surface area contributed by atoms with E-state index in [2.05, 4.69) is 27.5 Å². The van der Waals surface area contributed by atoms with Crippen molar-refractivity contribution in [3.05, 3.63) is 30.6 Å². The van der Waals surface area contributed by atoms with E-state index in [0.29, 0.717) is 0 Å². The smallest absolute Gasteiger partial charge is 0.137 e. The van der Waals surface area contributed by atoms with Crippen molar-refractivity contribution >= 4 is 16.7 Å². The number of fused-ring (bicyclic) bond motifs is 1. The summed E-state index contributed by atoms with van der Waals surface area (Å²) in [7, 11) is 0. The lowest BCUT2D eigenvalue weighted by Crippen LogP contribution is -2.17. The van der Waals surface area contributed by atoms with Gasteiger partial charge >= 0.3 is 0 Å². The third-order valence-corrected chi connectivity index (χ3v) is 2.62. The van der Waals surface area contributed by atoms with Crippen LogP contribution < -0.4 is 10.6 Å². The van der Waals surface area contributed by atoms with E-state index in [-0.39, 0.29) is 0 Å². The molecule has 1 heterocycles. The van der Waals surface area contributed by atoms with Crippen LogP contribution in [0.2, 0.25) is 0 Å². The fourth-order valence-corrected chi connectivity index (χ4v) is 1.74. The second-order valence-corrected chi connectivity index (χ2v) is 3.87. The normalized spacial score (nSPS) is 10.6. The minimum absolute atomic E-state index is 0.923. The second-order valence-electron chi connectivity index (χ2n) is 3.87. The molecule has 4 heteroatoms. The maximum atomic E-state index is 4.28. The number of hydrogen-bond donors (Lipinski definition) is 2. The largest absolute Gasteiger partial charge is 0.369 e. The first kappa shape index (κ1) is 11.8. The first-order valence-electron chi connectivity index (χ1n) is 6.06. The maximum Gasteiger partial charge on any atom is 0.137 e. The summed E-state index contributed by atoms with van der Waals surface area (Å²) in [5.74, 6) is 0.923. The summed E-state index contributed by atoms with van der Waals surface area (Å²) >= 11 is 0. The van der Waals surface area contributed by atoms with E-state index in [1.165, 1.54) is 0 Å². The highest BCUT2D eigenvalue weighted by Gasteiger charge is 2.01. The van der Waals surface area contributed by atoms with Crippen molar-refractivity contribution in [2.24, 2.45) is 0 Å². The number of nitrogens with zero attached hydrogens (tertiary/aromatic N) is 2. The zero-order valence-corrected chi connectivity index (χ0v) is 10.1. The summed E-state index contributed by atoms with van der Waals surface area (Å²) in [6.45, 7) is 5.10. The van der Waals surface area contributed by atoms with Crippen molar-refractivity contribution in [3.63, 3.8) is 0 Å². The lowest BCUT2D eigenvalue weighted by Gasteiger charge is -2.08. The molecule has 2 N–H and O–H groups in total. The molecule has 0 atom stereocenters. The number of benzene rings is 1. The van der Waals surface area contributed by atoms with Crippen LogP contribution in [0.25, 0.3) is 10.9 Å². The number of anilines is 1. The second kappa shape index (κ2) is 6.15. The highest BCUT2D eigenvalue weighted by atomic mass is 15.0. The van der Waals surface area contributed by atoms with E-state index in [0.717, 1.165) is 42.8 Å². The van der Waals surface area contributed by atoms with Gasteiger partial charge in [0.2, 0.25) is 0 Å². The van der Waals surface area contributed by atoms with Crippen molar-refractivity contribution in [2.45, 2.75) is 13.3 Å². The average molecular weight is 230 g/mol. The fourth-order valence-electron chi connectivity index (χ4n) is 1.74. The lowest BCUT2D eigenvalue weighted by atomic mass is 10.2. The summed E-state index contributed by atoms with van der Waals surface area (Å²) in [4.78, 5) is 8.52. The molecule has 0 bridgehead atoms. The van der Waals surface area contributed by atoms with Gasteiger partial charge in [0.25, 0.3) is 0 Å². The van der Waals surface area contributed by atoms with E-state index in [1.807, 2.05) is 24.3 Å². The molecule has 90 valence electrons. The molecule has 0 unspecified atom stereocenters. The Morgan fingerprint density at radius 3 is 2.88 bits per heavy atom. The molecule has 2 aromatic rings. The molecule has 4 nitrogen and oxygen atoms in total. The molecule has 0 saturated carbocycles. The minimum atomic E-state index is 0.923. The van der Waals surface area contributed by atoms with Gasteiger partial charge in [0, 0.05) is 11.9 Å². The first-order valence-corrected chi connectivity index (χ1v) is 6.06. The molecular formula is C13H18N4. The number of para-hydroxylation sites is 1. The summed E-state index contributed by atoms with van der Waals surface area (Å²) in [5.41, 5.74) is 0.983. The molecule has 1 aromatic carbocycles. The van der Waals surface area contributed by atoms with Crippen molar-refractivity contribution in [1.82, 2.24) is 15.3 Å².